The van der Waals surface area contributed by atoms with Crippen molar-refractivity contribution in [2.45, 2.75) is 30.4 Å². The van der Waals surface area contributed by atoms with E-state index in [9.17, 15) is 27.2 Å². The number of carbonyl (C=O) groups excluding carboxylic acids is 2. The van der Waals surface area contributed by atoms with Gasteiger partial charge in [0.15, 0.2) is 12.4 Å². The van der Waals surface area contributed by atoms with Gasteiger partial charge in [-0.15, -0.1) is 0 Å². The van der Waals surface area contributed by atoms with Crippen molar-refractivity contribution in [2.75, 3.05) is 5.32 Å². The number of aromatic nitrogens is 1. The molecule has 0 aliphatic carbocycles. The van der Waals surface area contributed by atoms with Crippen LogP contribution >= 0.6 is 11.8 Å². The Morgan fingerprint density at radius 2 is 1.66 bits per heavy atom. The van der Waals surface area contributed by atoms with Gasteiger partial charge in [-0.05, 0) is 54.6 Å². The number of nitrogens with zero attached hydrogens (tertiary/aromatic N) is 1. The molecule has 1 heterocycles. The lowest BCUT2D eigenvalue weighted by Gasteiger charge is -2.07. The quantitative estimate of drug-likeness (QED) is 0.237. The number of halogens is 5. The van der Waals surface area contributed by atoms with E-state index in [1.54, 1.807) is 41.2 Å². The van der Waals surface area contributed by atoms with Crippen LogP contribution in [0, 0.1) is 0 Å². The van der Waals surface area contributed by atoms with E-state index in [0.29, 0.717) is 22.3 Å². The lowest BCUT2D eigenvalue weighted by molar-refractivity contribution is -0.684. The zero-order chi connectivity index (χ0) is 24.5. The van der Waals surface area contributed by atoms with Gasteiger partial charge in [0.05, 0.1) is 0 Å². The molecule has 0 atom stereocenters. The lowest BCUT2D eigenvalue weighted by Crippen LogP contribution is -3.00. The number of rotatable bonds is 10. The van der Waals surface area contributed by atoms with Gasteiger partial charge in [-0.3, -0.25) is 9.59 Å². The van der Waals surface area contributed by atoms with E-state index in [1.165, 1.54) is 36.4 Å². The molecule has 2 aromatic carbocycles. The van der Waals surface area contributed by atoms with Crippen LogP contribution in [0.5, 0.6) is 5.75 Å². The Bertz CT molecular complexity index is 1120. The van der Waals surface area contributed by atoms with E-state index in [0.717, 1.165) is 5.56 Å². The van der Waals surface area contributed by atoms with Crippen molar-refractivity contribution in [3.05, 3.63) is 84.2 Å². The number of amides is 2. The number of pyridine rings is 1. The van der Waals surface area contributed by atoms with Crippen LogP contribution in [0.4, 0.5) is 23.2 Å². The average molecular weight is 530 g/mol. The monoisotopic (exact) mass is 529 g/mol. The maximum atomic E-state index is 12.4. The summed E-state index contributed by atoms with van der Waals surface area (Å²) < 4.78 is 55.1. The molecule has 0 aliphatic heterocycles. The van der Waals surface area contributed by atoms with E-state index in [-0.39, 0.29) is 42.7 Å². The van der Waals surface area contributed by atoms with Gasteiger partial charge in [-0.25, -0.2) is 0 Å². The molecule has 0 radical (unpaired) electrons. The van der Waals surface area contributed by atoms with Crippen LogP contribution in [0.25, 0.3) is 0 Å². The first kappa shape index (κ1) is 27.9. The topological polar surface area (TPSA) is 71.3 Å². The minimum Gasteiger partial charge on any atom is -1.00 e. The third-order valence-electron chi connectivity index (χ3n) is 4.40. The van der Waals surface area contributed by atoms with Gasteiger partial charge >= 0.3 is 6.61 Å². The number of carbonyl (C=O) groups is 2. The summed E-state index contributed by atoms with van der Waals surface area (Å²) in [5.74, 6) is -3.27. The van der Waals surface area contributed by atoms with Gasteiger partial charge in [-0.1, -0.05) is 11.8 Å². The first-order valence-corrected chi connectivity index (χ1v) is 10.8. The Morgan fingerprint density at radius 1 is 0.971 bits per heavy atom. The molecule has 3 aromatic rings. The first-order valence-electron chi connectivity index (χ1n) is 9.94. The Labute approximate surface area is 209 Å². The highest BCUT2D eigenvalue weighted by atomic mass is 35.5. The second-order valence-corrected chi connectivity index (χ2v) is 7.98. The second kappa shape index (κ2) is 13.5. The summed E-state index contributed by atoms with van der Waals surface area (Å²) in [6, 6.07) is 14.9. The largest absolute Gasteiger partial charge is 1.00 e. The number of alkyl halides is 4. The molecule has 0 spiro atoms. The average Bonchev–Trinajstić information content (AvgIpc) is 2.79. The Morgan fingerprint density at radius 3 is 2.29 bits per heavy atom. The Hall–Kier alpha value is -3.31. The molecule has 6 nitrogen and oxygen atoms in total. The van der Waals surface area contributed by atoms with Crippen LogP contribution in [-0.4, -0.2) is 24.2 Å². The van der Waals surface area contributed by atoms with E-state index in [2.05, 4.69) is 15.4 Å². The van der Waals surface area contributed by atoms with Gasteiger partial charge in [0.1, 0.15) is 5.75 Å². The standard InChI is InChI=1S/C23H19F4N3O3S.ClH/c24-22(25)33-18-7-3-16(4-8-18)21(32)28-12-15-2-1-11-30(13-15)14-20(31)29-17-5-9-19(10-6-17)34-23(26)27;/h1-11,13,22-23H,12,14H2,(H-,28,29,31,32);1H. The summed E-state index contributed by atoms with van der Waals surface area (Å²) in [5, 5.41) is 5.41. The second-order valence-electron chi connectivity index (χ2n) is 6.92. The zero-order valence-electron chi connectivity index (χ0n) is 18.0. The number of hydrogen-bond donors (Lipinski definition) is 2. The smallest absolute Gasteiger partial charge is 0.387 e. The molecule has 35 heavy (non-hydrogen) atoms. The summed E-state index contributed by atoms with van der Waals surface area (Å²) in [4.78, 5) is 25.0. The van der Waals surface area contributed by atoms with Crippen molar-refractivity contribution < 1.29 is 48.9 Å². The lowest BCUT2D eigenvalue weighted by atomic mass is 10.2. The van der Waals surface area contributed by atoms with Crippen LogP contribution < -0.4 is 32.3 Å². The molecular formula is C23H20ClF4N3O3S. The highest BCUT2D eigenvalue weighted by Crippen LogP contribution is 2.26. The molecule has 2 amide bonds. The fraction of sp³-hybridized carbons (Fsp3) is 0.174. The van der Waals surface area contributed by atoms with Gasteiger partial charge < -0.3 is 27.8 Å². The van der Waals surface area contributed by atoms with Crippen LogP contribution in [-0.2, 0) is 17.9 Å². The minimum atomic E-state index is -2.94. The Balaban J connectivity index is 0.00000432. The van der Waals surface area contributed by atoms with Gasteiger partial charge in [0.2, 0.25) is 6.54 Å². The van der Waals surface area contributed by atoms with E-state index >= 15 is 0 Å². The van der Waals surface area contributed by atoms with Crippen molar-refractivity contribution in [1.29, 1.82) is 0 Å². The maximum Gasteiger partial charge on any atom is 0.387 e. The first-order chi connectivity index (χ1) is 16.3. The zero-order valence-corrected chi connectivity index (χ0v) is 19.5. The molecule has 3 rings (SSSR count). The number of ether oxygens (including phenoxy) is 1. The third kappa shape index (κ3) is 9.45. The molecule has 0 fully saturated rings. The predicted molar refractivity (Wildman–Crippen MR) is 118 cm³/mol. The third-order valence-corrected chi connectivity index (χ3v) is 5.13. The van der Waals surface area contributed by atoms with Crippen molar-refractivity contribution in [3.8, 4) is 5.75 Å². The van der Waals surface area contributed by atoms with Gasteiger partial charge in [0.25, 0.3) is 17.6 Å². The molecule has 0 bridgehead atoms. The van der Waals surface area contributed by atoms with Gasteiger partial charge in [0, 0.05) is 34.3 Å². The number of hydrogen-bond acceptors (Lipinski definition) is 4. The van der Waals surface area contributed by atoms with E-state index < -0.39 is 18.3 Å². The summed E-state index contributed by atoms with van der Waals surface area (Å²) in [6.45, 7) is -2.76. The predicted octanol–water partition coefficient (Wildman–Crippen LogP) is 1.46. The van der Waals surface area contributed by atoms with Crippen molar-refractivity contribution in [1.82, 2.24) is 5.32 Å². The maximum absolute atomic E-state index is 12.4. The van der Waals surface area contributed by atoms with Crippen molar-refractivity contribution in [2.24, 2.45) is 0 Å². The highest BCUT2D eigenvalue weighted by Gasteiger charge is 2.13. The molecule has 0 aliphatic rings. The molecule has 2 N–H and O–H groups in total. The van der Waals surface area contributed by atoms with Crippen molar-refractivity contribution >= 4 is 29.3 Å². The number of thioether (sulfide) groups is 1. The summed E-state index contributed by atoms with van der Waals surface area (Å²) in [5.41, 5.74) is 1.50. The molecule has 0 unspecified atom stereocenters. The molecule has 0 saturated carbocycles. The number of anilines is 1. The number of nitrogens with one attached hydrogen (secondary N) is 2. The van der Waals surface area contributed by atoms with E-state index in [1.807, 2.05) is 0 Å². The van der Waals surface area contributed by atoms with Crippen molar-refractivity contribution in [3.63, 3.8) is 0 Å². The summed E-state index contributed by atoms with van der Waals surface area (Å²) >= 11 is 0.425. The highest BCUT2D eigenvalue weighted by molar-refractivity contribution is 7.99. The summed E-state index contributed by atoms with van der Waals surface area (Å²) in [7, 11) is 0. The minimum absolute atomic E-state index is 0. The van der Waals surface area contributed by atoms with E-state index in [4.69, 9.17) is 0 Å². The van der Waals surface area contributed by atoms with Crippen LogP contribution in [0.3, 0.4) is 0 Å². The van der Waals surface area contributed by atoms with Gasteiger partial charge in [-0.2, -0.15) is 22.1 Å². The Kier molecular flexibility index (Phi) is 10.8. The SMILES string of the molecule is O=C(C[n+]1cccc(CNC(=O)c2ccc(OC(F)F)cc2)c1)Nc1ccc(SC(F)F)cc1.[Cl-]. The fourth-order valence-corrected chi connectivity index (χ4v) is 3.44. The summed E-state index contributed by atoms with van der Waals surface area (Å²) in [6.07, 6.45) is 3.39. The molecule has 1 aromatic heterocycles. The molecular weight excluding hydrogens is 510 g/mol. The number of benzene rings is 2. The fourth-order valence-electron chi connectivity index (χ4n) is 2.94. The molecule has 0 saturated heterocycles. The van der Waals surface area contributed by atoms with Crippen LogP contribution in [0.1, 0.15) is 15.9 Å². The normalized spacial score (nSPS) is 10.6. The van der Waals surface area contributed by atoms with Crippen LogP contribution in [0.15, 0.2) is 78.0 Å². The molecule has 12 heteroatoms. The van der Waals surface area contributed by atoms with Crippen LogP contribution in [0.2, 0.25) is 0 Å². The molecule has 186 valence electrons.